The number of terminal acetylenes is 1. The first-order valence-electron chi connectivity index (χ1n) is 6.61. The highest BCUT2D eigenvalue weighted by molar-refractivity contribution is 5.32. The Morgan fingerprint density at radius 1 is 1.33 bits per heavy atom. The van der Waals surface area contributed by atoms with Crippen molar-refractivity contribution in [2.45, 2.75) is 45.7 Å². The topological polar surface area (TPSA) is 38.0 Å². The van der Waals surface area contributed by atoms with E-state index in [1.54, 1.807) is 0 Å². The van der Waals surface area contributed by atoms with Gasteiger partial charge in [-0.2, -0.15) is 0 Å². The summed E-state index contributed by atoms with van der Waals surface area (Å²) in [7, 11) is 0. The van der Waals surface area contributed by atoms with Gasteiger partial charge in [0.25, 0.3) is 0 Å². The van der Waals surface area contributed by atoms with Gasteiger partial charge in [-0.3, -0.25) is 5.32 Å². The van der Waals surface area contributed by atoms with Gasteiger partial charge in [-0.1, -0.05) is 37.5 Å². The smallest absolute Gasteiger partial charge is 0.0692 e. The normalized spacial score (nSPS) is 13.9. The molecule has 0 saturated carbocycles. The van der Waals surface area contributed by atoms with E-state index in [-0.39, 0.29) is 12.1 Å². The Hall–Kier alpha value is -1.30. The minimum atomic E-state index is 0.102. The minimum Gasteiger partial charge on any atom is -0.329 e. The number of nitrogens with two attached hydrogens (primary N) is 1. The van der Waals surface area contributed by atoms with Crippen molar-refractivity contribution in [2.24, 2.45) is 5.73 Å². The van der Waals surface area contributed by atoms with E-state index >= 15 is 0 Å². The van der Waals surface area contributed by atoms with Crippen LogP contribution in [0.1, 0.15) is 42.5 Å². The predicted molar refractivity (Wildman–Crippen MR) is 78.4 cm³/mol. The zero-order valence-electron chi connectivity index (χ0n) is 11.7. The summed E-state index contributed by atoms with van der Waals surface area (Å²) in [5.41, 5.74) is 9.67. The van der Waals surface area contributed by atoms with Gasteiger partial charge in [0, 0.05) is 12.6 Å². The van der Waals surface area contributed by atoms with Gasteiger partial charge in [0.05, 0.1) is 6.04 Å². The molecular formula is C16H24N2. The van der Waals surface area contributed by atoms with Crippen LogP contribution < -0.4 is 11.1 Å². The fraction of sp³-hybridized carbons (Fsp3) is 0.500. The lowest BCUT2D eigenvalue weighted by molar-refractivity contribution is 0.475. The van der Waals surface area contributed by atoms with Crippen LogP contribution in [0, 0.1) is 26.2 Å². The Balaban J connectivity index is 2.82. The van der Waals surface area contributed by atoms with E-state index in [0.717, 1.165) is 12.8 Å². The van der Waals surface area contributed by atoms with Crippen molar-refractivity contribution in [3.63, 3.8) is 0 Å². The third kappa shape index (κ3) is 3.87. The van der Waals surface area contributed by atoms with Gasteiger partial charge in [-0.25, -0.2) is 0 Å². The average Bonchev–Trinajstić information content (AvgIpc) is 2.38. The van der Waals surface area contributed by atoms with Gasteiger partial charge >= 0.3 is 0 Å². The van der Waals surface area contributed by atoms with Gasteiger partial charge in [-0.15, -0.1) is 6.42 Å². The van der Waals surface area contributed by atoms with E-state index in [2.05, 4.69) is 50.2 Å². The van der Waals surface area contributed by atoms with Crippen molar-refractivity contribution in [3.05, 3.63) is 34.9 Å². The molecule has 3 N–H and O–H groups in total. The zero-order valence-corrected chi connectivity index (χ0v) is 11.7. The molecular weight excluding hydrogens is 220 g/mol. The molecule has 1 aromatic rings. The van der Waals surface area contributed by atoms with Crippen LogP contribution >= 0.6 is 0 Å². The number of hydrogen-bond donors (Lipinski definition) is 2. The Bertz CT molecular complexity index is 418. The van der Waals surface area contributed by atoms with Crippen LogP contribution in [0.3, 0.4) is 0 Å². The lowest BCUT2D eigenvalue weighted by atomic mass is 10.00. The van der Waals surface area contributed by atoms with Crippen LogP contribution in [-0.2, 0) is 0 Å². The fourth-order valence-electron chi connectivity index (χ4n) is 2.03. The summed E-state index contributed by atoms with van der Waals surface area (Å²) in [4.78, 5) is 0. The second-order valence-corrected chi connectivity index (χ2v) is 4.81. The number of rotatable bonds is 6. The molecule has 0 saturated heterocycles. The second kappa shape index (κ2) is 7.20. The molecule has 98 valence electrons. The summed E-state index contributed by atoms with van der Waals surface area (Å²) in [6, 6.07) is 6.70. The molecule has 0 amide bonds. The fourth-order valence-corrected chi connectivity index (χ4v) is 2.03. The van der Waals surface area contributed by atoms with E-state index in [1.807, 2.05) is 0 Å². The lowest BCUT2D eigenvalue weighted by Crippen LogP contribution is -2.35. The maximum Gasteiger partial charge on any atom is 0.0692 e. The predicted octanol–water partition coefficient (Wildman–Crippen LogP) is 2.69. The molecule has 0 bridgehead atoms. The first-order chi connectivity index (χ1) is 8.62. The highest BCUT2D eigenvalue weighted by Crippen LogP contribution is 2.17. The third-order valence-corrected chi connectivity index (χ3v) is 3.35. The zero-order chi connectivity index (χ0) is 13.5. The molecule has 0 fully saturated rings. The molecule has 18 heavy (non-hydrogen) atoms. The first-order valence-corrected chi connectivity index (χ1v) is 6.61. The van der Waals surface area contributed by atoms with E-state index in [0.29, 0.717) is 6.54 Å². The molecule has 0 aliphatic heterocycles. The van der Waals surface area contributed by atoms with Gasteiger partial charge in [0.2, 0.25) is 0 Å². The maximum atomic E-state index is 5.86. The number of nitrogens with one attached hydrogen (secondary N) is 1. The molecule has 2 nitrogen and oxygen atoms in total. The molecule has 1 aromatic carbocycles. The van der Waals surface area contributed by atoms with Gasteiger partial charge in [0.15, 0.2) is 0 Å². The van der Waals surface area contributed by atoms with Crippen molar-refractivity contribution < 1.29 is 0 Å². The summed E-state index contributed by atoms with van der Waals surface area (Å²) in [6.07, 6.45) is 7.60. The monoisotopic (exact) mass is 244 g/mol. The first kappa shape index (κ1) is 14.8. The maximum absolute atomic E-state index is 5.86. The summed E-state index contributed by atoms with van der Waals surface area (Å²) in [6.45, 7) is 6.94. The van der Waals surface area contributed by atoms with Crippen LogP contribution in [0.15, 0.2) is 18.2 Å². The minimum absolute atomic E-state index is 0.102. The number of hydrogen-bond acceptors (Lipinski definition) is 2. The average molecular weight is 244 g/mol. The van der Waals surface area contributed by atoms with Gasteiger partial charge in [0.1, 0.15) is 0 Å². The molecule has 0 spiro atoms. The Morgan fingerprint density at radius 3 is 2.56 bits per heavy atom. The van der Waals surface area contributed by atoms with E-state index in [1.165, 1.54) is 16.7 Å². The van der Waals surface area contributed by atoms with Crippen molar-refractivity contribution in [2.75, 3.05) is 6.54 Å². The molecule has 1 rings (SSSR count). The number of aryl methyl sites for hydroxylation is 2. The van der Waals surface area contributed by atoms with Gasteiger partial charge < -0.3 is 5.73 Å². The molecule has 2 atom stereocenters. The summed E-state index contributed by atoms with van der Waals surface area (Å²) in [5.74, 6) is 2.80. The summed E-state index contributed by atoms with van der Waals surface area (Å²) >= 11 is 0. The van der Waals surface area contributed by atoms with Gasteiger partial charge in [-0.05, 0) is 37.0 Å². The van der Waals surface area contributed by atoms with Crippen LogP contribution in [0.2, 0.25) is 0 Å². The van der Waals surface area contributed by atoms with Crippen molar-refractivity contribution in [3.8, 4) is 12.3 Å². The molecule has 2 unspecified atom stereocenters. The molecule has 0 aliphatic rings. The molecule has 0 aliphatic carbocycles. The lowest BCUT2D eigenvalue weighted by Gasteiger charge is -2.22. The third-order valence-electron chi connectivity index (χ3n) is 3.35. The second-order valence-electron chi connectivity index (χ2n) is 4.81. The SMILES string of the molecule is C#CC(CCC)NC(CN)c1ccc(C)c(C)c1. The van der Waals surface area contributed by atoms with Crippen LogP contribution in [0.4, 0.5) is 0 Å². The Kier molecular flexibility index (Phi) is 5.91. The quantitative estimate of drug-likeness (QED) is 0.755. The van der Waals surface area contributed by atoms with E-state index in [4.69, 9.17) is 12.2 Å². The van der Waals surface area contributed by atoms with Crippen LogP contribution in [0.25, 0.3) is 0 Å². The van der Waals surface area contributed by atoms with E-state index < -0.39 is 0 Å². The molecule has 0 radical (unpaired) electrons. The Labute approximate surface area is 111 Å². The molecule has 0 aromatic heterocycles. The van der Waals surface area contributed by atoms with Crippen molar-refractivity contribution >= 4 is 0 Å². The largest absolute Gasteiger partial charge is 0.329 e. The standard InChI is InChI=1S/C16H24N2/c1-5-7-15(6-2)18-16(11-17)14-9-8-12(3)13(4)10-14/h2,8-10,15-16,18H,5,7,11,17H2,1,3-4H3. The number of benzene rings is 1. The van der Waals surface area contributed by atoms with Crippen LogP contribution in [0.5, 0.6) is 0 Å². The Morgan fingerprint density at radius 2 is 2.06 bits per heavy atom. The van der Waals surface area contributed by atoms with E-state index in [9.17, 15) is 0 Å². The highest BCUT2D eigenvalue weighted by atomic mass is 15.0. The van der Waals surface area contributed by atoms with Crippen molar-refractivity contribution in [1.29, 1.82) is 0 Å². The molecule has 2 heteroatoms. The summed E-state index contributed by atoms with van der Waals surface area (Å²) < 4.78 is 0. The van der Waals surface area contributed by atoms with Crippen LogP contribution in [-0.4, -0.2) is 12.6 Å². The summed E-state index contributed by atoms with van der Waals surface area (Å²) in [5, 5.41) is 3.46. The van der Waals surface area contributed by atoms with Crippen molar-refractivity contribution in [1.82, 2.24) is 5.32 Å². The molecule has 0 heterocycles. The highest BCUT2D eigenvalue weighted by Gasteiger charge is 2.14.